The summed E-state index contributed by atoms with van der Waals surface area (Å²) in [4.78, 5) is 17.5. The maximum absolute atomic E-state index is 12.8. The fourth-order valence-corrected chi connectivity index (χ4v) is 4.62. The normalized spacial score (nSPS) is 33.0. The summed E-state index contributed by atoms with van der Waals surface area (Å²) in [5.74, 6) is 2.18. The van der Waals surface area contributed by atoms with Crippen LogP contribution >= 0.6 is 0 Å². The predicted molar refractivity (Wildman–Crippen MR) is 81.0 cm³/mol. The summed E-state index contributed by atoms with van der Waals surface area (Å²) in [7, 11) is 0. The first-order valence-electron chi connectivity index (χ1n) is 8.95. The van der Waals surface area contributed by atoms with Gasteiger partial charge in [-0.2, -0.15) is 0 Å². The number of carbonyl (C=O) groups is 1. The van der Waals surface area contributed by atoms with E-state index >= 15 is 0 Å². The molecule has 0 spiro atoms. The van der Waals surface area contributed by atoms with E-state index in [0.29, 0.717) is 11.9 Å². The van der Waals surface area contributed by atoms with Crippen molar-refractivity contribution in [2.45, 2.75) is 57.0 Å². The Kier molecular flexibility index (Phi) is 3.92. The Balaban J connectivity index is 1.33. The number of carbonyl (C=O) groups excluding carboxylic acids is 1. The summed E-state index contributed by atoms with van der Waals surface area (Å²) >= 11 is 0. The molecule has 0 radical (unpaired) electrons. The minimum Gasteiger partial charge on any atom is -0.381 e. The Morgan fingerprint density at radius 2 is 1.67 bits per heavy atom. The molecule has 4 heteroatoms. The van der Waals surface area contributed by atoms with E-state index in [1.165, 1.54) is 25.7 Å². The van der Waals surface area contributed by atoms with Crippen LogP contribution in [0.1, 0.15) is 44.9 Å². The van der Waals surface area contributed by atoms with Gasteiger partial charge in [0.25, 0.3) is 0 Å². The highest BCUT2D eigenvalue weighted by Gasteiger charge is 2.43. The van der Waals surface area contributed by atoms with E-state index in [1.54, 1.807) is 0 Å². The van der Waals surface area contributed by atoms with Crippen LogP contribution in [0, 0.1) is 11.8 Å². The molecular formula is C17H28N2O2. The van der Waals surface area contributed by atoms with Gasteiger partial charge in [-0.15, -0.1) is 0 Å². The average molecular weight is 292 g/mol. The Bertz CT molecular complexity index is 384. The van der Waals surface area contributed by atoms with Crippen molar-refractivity contribution in [3.8, 4) is 0 Å². The molecule has 4 aliphatic rings. The molecule has 1 saturated carbocycles. The maximum atomic E-state index is 12.8. The standard InChI is InChI=1S/C17H28N2O2/c20-17(18-11-14(12-18)13-3-1-4-13)16-5-2-8-19(16)15-6-9-21-10-7-15/h13-16H,1-12H2. The van der Waals surface area contributed by atoms with Crippen LogP contribution in [-0.4, -0.2) is 60.6 Å². The molecule has 4 nitrogen and oxygen atoms in total. The first-order chi connectivity index (χ1) is 10.3. The van der Waals surface area contributed by atoms with Gasteiger partial charge in [0.2, 0.25) is 5.91 Å². The van der Waals surface area contributed by atoms with Crippen molar-refractivity contribution in [3.63, 3.8) is 0 Å². The molecule has 1 unspecified atom stereocenters. The molecule has 1 amide bonds. The summed E-state index contributed by atoms with van der Waals surface area (Å²) < 4.78 is 5.47. The highest BCUT2D eigenvalue weighted by Crippen LogP contribution is 2.39. The number of rotatable bonds is 3. The van der Waals surface area contributed by atoms with Gasteiger partial charge in [0.1, 0.15) is 0 Å². The third-order valence-electron chi connectivity index (χ3n) is 6.28. The molecule has 21 heavy (non-hydrogen) atoms. The summed E-state index contributed by atoms with van der Waals surface area (Å²) in [5.41, 5.74) is 0. The van der Waals surface area contributed by atoms with E-state index in [0.717, 1.165) is 63.9 Å². The SMILES string of the molecule is O=C(C1CCCN1C1CCOCC1)N1CC(C2CCC2)C1. The van der Waals surface area contributed by atoms with Crippen LogP contribution in [0.2, 0.25) is 0 Å². The molecule has 118 valence electrons. The summed E-state index contributed by atoms with van der Waals surface area (Å²) in [6.45, 7) is 4.94. The molecule has 3 saturated heterocycles. The maximum Gasteiger partial charge on any atom is 0.239 e. The lowest BCUT2D eigenvalue weighted by Gasteiger charge is -2.48. The Morgan fingerprint density at radius 1 is 0.905 bits per heavy atom. The zero-order valence-corrected chi connectivity index (χ0v) is 13.0. The largest absolute Gasteiger partial charge is 0.381 e. The Morgan fingerprint density at radius 3 is 2.33 bits per heavy atom. The van der Waals surface area contributed by atoms with Crippen LogP contribution in [0.4, 0.5) is 0 Å². The van der Waals surface area contributed by atoms with Gasteiger partial charge in [-0.3, -0.25) is 9.69 Å². The first kappa shape index (κ1) is 14.0. The minimum absolute atomic E-state index is 0.176. The topological polar surface area (TPSA) is 32.8 Å². The van der Waals surface area contributed by atoms with Gasteiger partial charge in [-0.25, -0.2) is 0 Å². The van der Waals surface area contributed by atoms with E-state index in [9.17, 15) is 4.79 Å². The van der Waals surface area contributed by atoms with E-state index in [-0.39, 0.29) is 6.04 Å². The average Bonchev–Trinajstić information content (AvgIpc) is 2.90. The Hall–Kier alpha value is -0.610. The number of likely N-dealkylation sites (tertiary alicyclic amines) is 2. The van der Waals surface area contributed by atoms with E-state index < -0.39 is 0 Å². The molecule has 3 heterocycles. The molecule has 4 rings (SSSR count). The third-order valence-corrected chi connectivity index (χ3v) is 6.28. The van der Waals surface area contributed by atoms with Crippen molar-refractivity contribution >= 4 is 5.91 Å². The zero-order valence-electron chi connectivity index (χ0n) is 13.0. The van der Waals surface area contributed by atoms with Crippen molar-refractivity contribution in [1.82, 2.24) is 9.80 Å². The van der Waals surface area contributed by atoms with E-state index in [4.69, 9.17) is 4.74 Å². The lowest BCUT2D eigenvalue weighted by Crippen LogP contribution is -2.59. The first-order valence-corrected chi connectivity index (χ1v) is 8.95. The van der Waals surface area contributed by atoms with Gasteiger partial charge in [0.05, 0.1) is 6.04 Å². The molecule has 0 N–H and O–H groups in total. The number of amides is 1. The van der Waals surface area contributed by atoms with Gasteiger partial charge in [0.15, 0.2) is 0 Å². The van der Waals surface area contributed by atoms with Crippen molar-refractivity contribution in [1.29, 1.82) is 0 Å². The monoisotopic (exact) mass is 292 g/mol. The summed E-state index contributed by atoms with van der Waals surface area (Å²) in [5, 5.41) is 0. The highest BCUT2D eigenvalue weighted by atomic mass is 16.5. The zero-order chi connectivity index (χ0) is 14.2. The second-order valence-corrected chi connectivity index (χ2v) is 7.43. The predicted octanol–water partition coefficient (Wildman–Crippen LogP) is 1.89. The van der Waals surface area contributed by atoms with E-state index in [1.807, 2.05) is 0 Å². The molecular weight excluding hydrogens is 264 g/mol. The van der Waals surface area contributed by atoms with Gasteiger partial charge >= 0.3 is 0 Å². The lowest BCUT2D eigenvalue weighted by atomic mass is 9.72. The Labute approximate surface area is 127 Å². The molecule has 3 aliphatic heterocycles. The molecule has 1 aliphatic carbocycles. The highest BCUT2D eigenvalue weighted by molar-refractivity contribution is 5.83. The van der Waals surface area contributed by atoms with Crippen molar-refractivity contribution in [3.05, 3.63) is 0 Å². The fraction of sp³-hybridized carbons (Fsp3) is 0.941. The molecule has 0 aromatic heterocycles. The number of ether oxygens (including phenoxy) is 1. The second kappa shape index (κ2) is 5.88. The van der Waals surface area contributed by atoms with Crippen LogP contribution < -0.4 is 0 Å². The second-order valence-electron chi connectivity index (χ2n) is 7.43. The number of hydrogen-bond acceptors (Lipinski definition) is 3. The van der Waals surface area contributed by atoms with Crippen molar-refractivity contribution in [2.75, 3.05) is 32.8 Å². The van der Waals surface area contributed by atoms with Gasteiger partial charge in [-0.05, 0) is 44.1 Å². The third kappa shape index (κ3) is 2.61. The minimum atomic E-state index is 0.176. The lowest BCUT2D eigenvalue weighted by molar-refractivity contribution is -0.146. The quantitative estimate of drug-likeness (QED) is 0.796. The molecule has 1 atom stereocenters. The molecule has 0 aromatic carbocycles. The van der Waals surface area contributed by atoms with Gasteiger partial charge in [0, 0.05) is 32.3 Å². The van der Waals surface area contributed by atoms with Crippen molar-refractivity contribution < 1.29 is 9.53 Å². The van der Waals surface area contributed by atoms with Crippen LogP contribution in [0.25, 0.3) is 0 Å². The van der Waals surface area contributed by atoms with Crippen LogP contribution in [0.5, 0.6) is 0 Å². The van der Waals surface area contributed by atoms with Gasteiger partial charge < -0.3 is 9.64 Å². The van der Waals surface area contributed by atoms with E-state index in [2.05, 4.69) is 9.80 Å². The van der Waals surface area contributed by atoms with Crippen LogP contribution in [0.3, 0.4) is 0 Å². The molecule has 0 bridgehead atoms. The van der Waals surface area contributed by atoms with Crippen molar-refractivity contribution in [2.24, 2.45) is 11.8 Å². The number of hydrogen-bond donors (Lipinski definition) is 0. The van der Waals surface area contributed by atoms with Crippen LogP contribution in [-0.2, 0) is 9.53 Å². The number of nitrogens with zero attached hydrogens (tertiary/aromatic N) is 2. The summed E-state index contributed by atoms with van der Waals surface area (Å²) in [6.07, 6.45) is 8.70. The molecule has 0 aromatic rings. The smallest absolute Gasteiger partial charge is 0.239 e. The fourth-order valence-electron chi connectivity index (χ4n) is 4.62. The van der Waals surface area contributed by atoms with Gasteiger partial charge in [-0.1, -0.05) is 19.3 Å². The summed E-state index contributed by atoms with van der Waals surface area (Å²) in [6, 6.07) is 0.759. The molecule has 4 fully saturated rings. The van der Waals surface area contributed by atoms with Crippen LogP contribution in [0.15, 0.2) is 0 Å².